The molecule has 0 aliphatic carbocycles. The normalized spacial score (nSPS) is 11.0. The Hall–Kier alpha value is -2.49. The summed E-state index contributed by atoms with van der Waals surface area (Å²) in [6.45, 7) is 2.29. The van der Waals surface area contributed by atoms with Crippen LogP contribution in [0.3, 0.4) is 0 Å². The second-order valence-corrected chi connectivity index (χ2v) is 4.49. The van der Waals surface area contributed by atoms with E-state index in [9.17, 15) is 9.90 Å². The van der Waals surface area contributed by atoms with Crippen molar-refractivity contribution in [2.24, 2.45) is 0 Å². The average Bonchev–Trinajstić information content (AvgIpc) is 2.95. The molecule has 1 aromatic carbocycles. The van der Waals surface area contributed by atoms with Gasteiger partial charge in [0.1, 0.15) is 17.2 Å². The van der Waals surface area contributed by atoms with Crippen LogP contribution in [0.1, 0.15) is 22.0 Å². The molecule has 0 saturated heterocycles. The van der Waals surface area contributed by atoms with Crippen molar-refractivity contribution in [3.05, 3.63) is 59.7 Å². The lowest BCUT2D eigenvalue weighted by atomic mass is 10.2. The number of carbonyl (C=O) groups is 1. The Balaban J connectivity index is 2.14. The molecular weight excluding hydrogens is 242 g/mol. The molecule has 0 fully saturated rings. The first-order chi connectivity index (χ1) is 9.15. The number of benzene rings is 1. The van der Waals surface area contributed by atoms with Crippen molar-refractivity contribution in [2.45, 2.75) is 13.5 Å². The van der Waals surface area contributed by atoms with Crippen molar-refractivity contribution in [2.75, 3.05) is 0 Å². The van der Waals surface area contributed by atoms with Crippen LogP contribution < -0.4 is 0 Å². The number of nitrogens with zero attached hydrogens (tertiary/aromatic N) is 1. The quantitative estimate of drug-likeness (QED) is 0.781. The van der Waals surface area contributed by atoms with Gasteiger partial charge >= 0.3 is 5.97 Å². The van der Waals surface area contributed by atoms with Crippen molar-refractivity contribution >= 4 is 16.9 Å². The molecular formula is C15H13NO3. The maximum Gasteiger partial charge on any atom is 0.352 e. The number of hydrogen-bond acceptors (Lipinski definition) is 2. The molecule has 0 saturated carbocycles. The lowest BCUT2D eigenvalue weighted by Gasteiger charge is -2.06. The summed E-state index contributed by atoms with van der Waals surface area (Å²) in [5.74, 6) is 0.643. The van der Waals surface area contributed by atoms with Crippen LogP contribution in [0.4, 0.5) is 0 Å². The van der Waals surface area contributed by atoms with E-state index >= 15 is 0 Å². The van der Waals surface area contributed by atoms with Crippen molar-refractivity contribution in [3.63, 3.8) is 0 Å². The first-order valence-corrected chi connectivity index (χ1v) is 6.02. The molecule has 4 nitrogen and oxygen atoms in total. The Morgan fingerprint density at radius 3 is 2.74 bits per heavy atom. The zero-order valence-corrected chi connectivity index (χ0v) is 10.5. The third-order valence-corrected chi connectivity index (χ3v) is 3.14. The Morgan fingerprint density at radius 2 is 2.05 bits per heavy atom. The summed E-state index contributed by atoms with van der Waals surface area (Å²) >= 11 is 0. The van der Waals surface area contributed by atoms with Crippen LogP contribution in [0.5, 0.6) is 0 Å². The number of carboxylic acid groups (broad SMARTS) is 1. The molecule has 0 bridgehead atoms. The molecule has 0 amide bonds. The first-order valence-electron chi connectivity index (χ1n) is 6.02. The lowest BCUT2D eigenvalue weighted by Crippen LogP contribution is -2.08. The monoisotopic (exact) mass is 255 g/mol. The Kier molecular flexibility index (Phi) is 2.63. The van der Waals surface area contributed by atoms with Gasteiger partial charge in [-0.15, -0.1) is 0 Å². The number of aromatic carboxylic acids is 1. The van der Waals surface area contributed by atoms with Crippen molar-refractivity contribution < 1.29 is 14.3 Å². The highest BCUT2D eigenvalue weighted by atomic mass is 16.4. The third kappa shape index (κ3) is 2.01. The third-order valence-electron chi connectivity index (χ3n) is 3.14. The zero-order chi connectivity index (χ0) is 13.4. The molecule has 0 aliphatic rings. The standard InChI is InChI=1S/C15H13NO3/c1-10-6-7-12(19-10)9-16-13-5-3-2-4-11(13)8-14(16)15(17)18/h2-8H,9H2,1H3,(H,17,18). The van der Waals surface area contributed by atoms with Crippen LogP contribution in [-0.2, 0) is 6.54 Å². The molecule has 0 atom stereocenters. The van der Waals surface area contributed by atoms with Gasteiger partial charge in [-0.25, -0.2) is 4.79 Å². The minimum absolute atomic E-state index is 0.273. The number of hydrogen-bond donors (Lipinski definition) is 1. The minimum Gasteiger partial charge on any atom is -0.477 e. The van der Waals surface area contributed by atoms with Crippen LogP contribution >= 0.6 is 0 Å². The predicted octanol–water partition coefficient (Wildman–Crippen LogP) is 3.29. The maximum absolute atomic E-state index is 11.3. The highest BCUT2D eigenvalue weighted by Gasteiger charge is 2.15. The van der Waals surface area contributed by atoms with Gasteiger partial charge in [0, 0.05) is 10.9 Å². The fourth-order valence-corrected chi connectivity index (χ4v) is 2.28. The van der Waals surface area contributed by atoms with Gasteiger partial charge < -0.3 is 14.1 Å². The molecule has 3 aromatic rings. The largest absolute Gasteiger partial charge is 0.477 e. The van der Waals surface area contributed by atoms with E-state index in [-0.39, 0.29) is 5.69 Å². The molecule has 0 spiro atoms. The number of aryl methyl sites for hydroxylation is 1. The van der Waals surface area contributed by atoms with Gasteiger partial charge in [0.2, 0.25) is 0 Å². The maximum atomic E-state index is 11.3. The van der Waals surface area contributed by atoms with E-state index in [0.29, 0.717) is 6.54 Å². The van der Waals surface area contributed by atoms with Gasteiger partial charge in [0.15, 0.2) is 0 Å². The lowest BCUT2D eigenvalue weighted by molar-refractivity contribution is 0.0686. The van der Waals surface area contributed by atoms with Gasteiger partial charge in [-0.05, 0) is 31.2 Å². The minimum atomic E-state index is -0.931. The number of furan rings is 1. The van der Waals surface area contributed by atoms with Crippen LogP contribution in [0.15, 0.2) is 46.9 Å². The molecule has 1 N–H and O–H groups in total. The van der Waals surface area contributed by atoms with E-state index < -0.39 is 5.97 Å². The van der Waals surface area contributed by atoms with Crippen LogP contribution in [0.2, 0.25) is 0 Å². The fraction of sp³-hybridized carbons (Fsp3) is 0.133. The number of carboxylic acids is 1. The topological polar surface area (TPSA) is 55.4 Å². The van der Waals surface area contributed by atoms with E-state index in [1.807, 2.05) is 43.3 Å². The second kappa shape index (κ2) is 4.31. The molecule has 2 heterocycles. The summed E-state index contributed by atoms with van der Waals surface area (Å²) in [7, 11) is 0. The summed E-state index contributed by atoms with van der Waals surface area (Å²) in [6.07, 6.45) is 0. The Labute approximate surface area is 109 Å². The van der Waals surface area contributed by atoms with E-state index in [1.54, 1.807) is 10.6 Å². The van der Waals surface area contributed by atoms with Crippen molar-refractivity contribution in [1.29, 1.82) is 0 Å². The molecule has 2 aromatic heterocycles. The first kappa shape index (κ1) is 11.6. The Bertz CT molecular complexity index is 752. The van der Waals surface area contributed by atoms with Crippen molar-refractivity contribution in [1.82, 2.24) is 4.57 Å². The van der Waals surface area contributed by atoms with Gasteiger partial charge in [0.25, 0.3) is 0 Å². The summed E-state index contributed by atoms with van der Waals surface area (Å²) in [6, 6.07) is 13.1. The highest BCUT2D eigenvalue weighted by Crippen LogP contribution is 2.22. The number of aromatic nitrogens is 1. The number of rotatable bonds is 3. The molecule has 0 radical (unpaired) electrons. The zero-order valence-electron chi connectivity index (χ0n) is 10.5. The van der Waals surface area contributed by atoms with E-state index in [4.69, 9.17) is 4.42 Å². The SMILES string of the molecule is Cc1ccc(Cn2c(C(=O)O)cc3ccccc32)o1. The van der Waals surface area contributed by atoms with Gasteiger partial charge in [-0.1, -0.05) is 18.2 Å². The summed E-state index contributed by atoms with van der Waals surface area (Å²) in [5.41, 5.74) is 1.17. The van der Waals surface area contributed by atoms with E-state index in [0.717, 1.165) is 22.4 Å². The molecule has 19 heavy (non-hydrogen) atoms. The van der Waals surface area contributed by atoms with Crippen LogP contribution in [0, 0.1) is 6.92 Å². The molecule has 4 heteroatoms. The van der Waals surface area contributed by atoms with E-state index in [1.165, 1.54) is 0 Å². The fourth-order valence-electron chi connectivity index (χ4n) is 2.28. The summed E-state index contributed by atoms with van der Waals surface area (Å²) < 4.78 is 7.29. The second-order valence-electron chi connectivity index (χ2n) is 4.49. The van der Waals surface area contributed by atoms with Gasteiger partial charge in [-0.3, -0.25) is 0 Å². The van der Waals surface area contributed by atoms with Crippen molar-refractivity contribution in [3.8, 4) is 0 Å². The summed E-state index contributed by atoms with van der Waals surface area (Å²) in [5, 5.41) is 10.2. The van der Waals surface area contributed by atoms with Crippen LogP contribution in [-0.4, -0.2) is 15.6 Å². The van der Waals surface area contributed by atoms with Crippen LogP contribution in [0.25, 0.3) is 10.9 Å². The molecule has 3 rings (SSSR count). The molecule has 0 aliphatic heterocycles. The number of para-hydroxylation sites is 1. The van der Waals surface area contributed by atoms with E-state index in [2.05, 4.69) is 0 Å². The molecule has 96 valence electrons. The highest BCUT2D eigenvalue weighted by molar-refractivity contribution is 5.94. The molecule has 0 unspecified atom stereocenters. The average molecular weight is 255 g/mol. The Morgan fingerprint density at radius 1 is 1.26 bits per heavy atom. The number of fused-ring (bicyclic) bond motifs is 1. The smallest absolute Gasteiger partial charge is 0.352 e. The predicted molar refractivity (Wildman–Crippen MR) is 71.4 cm³/mol. The summed E-state index contributed by atoms with van der Waals surface area (Å²) in [4.78, 5) is 11.3. The van der Waals surface area contributed by atoms with Gasteiger partial charge in [-0.2, -0.15) is 0 Å². The van der Waals surface area contributed by atoms with Gasteiger partial charge in [0.05, 0.1) is 6.54 Å².